The zero-order valence-electron chi connectivity index (χ0n) is 10.7. The summed E-state index contributed by atoms with van der Waals surface area (Å²) in [6.07, 6.45) is 1.13. The van der Waals surface area contributed by atoms with E-state index in [0.717, 1.165) is 12.2 Å². The third-order valence-electron chi connectivity index (χ3n) is 3.50. The number of fused-ring (bicyclic) bond motifs is 1. The third kappa shape index (κ3) is 2.28. The Morgan fingerprint density at radius 2 is 2.37 bits per heavy atom. The zero-order chi connectivity index (χ0) is 13.4. The number of thioether (sulfide) groups is 1. The van der Waals surface area contributed by atoms with Crippen molar-refractivity contribution in [3.05, 3.63) is 28.6 Å². The highest BCUT2D eigenvalue weighted by Crippen LogP contribution is 2.24. The summed E-state index contributed by atoms with van der Waals surface area (Å²) in [5, 5.41) is 0.540. The fourth-order valence-electron chi connectivity index (χ4n) is 2.31. The molecule has 2 aromatic rings. The molecule has 19 heavy (non-hydrogen) atoms. The minimum absolute atomic E-state index is 0.134. The highest BCUT2D eigenvalue weighted by molar-refractivity contribution is 7.99. The molecule has 100 valence electrons. The van der Waals surface area contributed by atoms with Crippen molar-refractivity contribution in [1.29, 1.82) is 0 Å². The van der Waals surface area contributed by atoms with Crippen LogP contribution in [0.2, 0.25) is 0 Å². The Labute approximate surface area is 115 Å². The Morgan fingerprint density at radius 1 is 1.53 bits per heavy atom. The van der Waals surface area contributed by atoms with E-state index in [-0.39, 0.29) is 5.56 Å². The van der Waals surface area contributed by atoms with E-state index < -0.39 is 0 Å². The summed E-state index contributed by atoms with van der Waals surface area (Å²) in [4.78, 5) is 21.5. The van der Waals surface area contributed by atoms with Gasteiger partial charge in [0.25, 0.3) is 5.56 Å². The molecular weight excluding hydrogens is 260 g/mol. The van der Waals surface area contributed by atoms with E-state index in [1.807, 2.05) is 18.8 Å². The predicted octanol–water partition coefficient (Wildman–Crippen LogP) is 1.45. The topological polar surface area (TPSA) is 75.0 Å². The summed E-state index contributed by atoms with van der Waals surface area (Å²) in [7, 11) is 1.98. The fourth-order valence-corrected chi connectivity index (χ4v) is 3.58. The van der Waals surface area contributed by atoms with E-state index in [2.05, 4.69) is 14.9 Å². The third-order valence-corrected chi connectivity index (χ3v) is 4.65. The maximum absolute atomic E-state index is 12.1. The van der Waals surface area contributed by atoms with E-state index in [1.165, 1.54) is 5.75 Å². The summed E-state index contributed by atoms with van der Waals surface area (Å²) >= 11 is 1.94. The van der Waals surface area contributed by atoms with Crippen molar-refractivity contribution in [1.82, 2.24) is 9.97 Å². The normalized spacial score (nSPS) is 18.9. The first-order chi connectivity index (χ1) is 9.15. The van der Waals surface area contributed by atoms with Crippen molar-refractivity contribution in [2.24, 2.45) is 0 Å². The lowest BCUT2D eigenvalue weighted by molar-refractivity contribution is 0.682. The Kier molecular flexibility index (Phi) is 3.10. The number of hydrogen-bond donors (Lipinski definition) is 2. The molecule has 6 heteroatoms. The van der Waals surface area contributed by atoms with Gasteiger partial charge < -0.3 is 10.6 Å². The van der Waals surface area contributed by atoms with Crippen LogP contribution >= 0.6 is 11.8 Å². The number of anilines is 2. The monoisotopic (exact) mass is 276 g/mol. The van der Waals surface area contributed by atoms with Gasteiger partial charge in [0.15, 0.2) is 0 Å². The molecule has 3 N–H and O–H groups in total. The number of aromatic amines is 1. The molecule has 1 aromatic heterocycles. The number of aromatic nitrogens is 2. The van der Waals surface area contributed by atoms with Crippen LogP contribution in [0.3, 0.4) is 0 Å². The number of nitrogens with zero attached hydrogens (tertiary/aromatic N) is 2. The van der Waals surface area contributed by atoms with Crippen LogP contribution in [0.1, 0.15) is 6.42 Å². The zero-order valence-corrected chi connectivity index (χ0v) is 11.5. The van der Waals surface area contributed by atoms with E-state index in [9.17, 15) is 4.79 Å². The highest BCUT2D eigenvalue weighted by Gasteiger charge is 2.22. The molecule has 5 nitrogen and oxygen atoms in total. The molecule has 0 saturated carbocycles. The molecule has 1 saturated heterocycles. The lowest BCUT2D eigenvalue weighted by Crippen LogP contribution is -2.34. The largest absolute Gasteiger partial charge is 0.399 e. The van der Waals surface area contributed by atoms with Gasteiger partial charge in [-0.2, -0.15) is 11.8 Å². The van der Waals surface area contributed by atoms with Gasteiger partial charge in [-0.05, 0) is 30.4 Å². The lowest BCUT2D eigenvalue weighted by Gasteiger charge is -2.24. The van der Waals surface area contributed by atoms with Crippen molar-refractivity contribution in [2.45, 2.75) is 12.5 Å². The number of nitrogen functional groups attached to an aromatic ring is 1. The molecule has 1 unspecified atom stereocenters. The van der Waals surface area contributed by atoms with Gasteiger partial charge in [0.1, 0.15) is 0 Å². The van der Waals surface area contributed by atoms with Crippen LogP contribution in [0.4, 0.5) is 11.6 Å². The van der Waals surface area contributed by atoms with Crippen LogP contribution in [0, 0.1) is 0 Å². The number of H-pyrrole nitrogens is 1. The van der Waals surface area contributed by atoms with Gasteiger partial charge in [0, 0.05) is 24.5 Å². The van der Waals surface area contributed by atoms with E-state index in [0.29, 0.717) is 28.6 Å². The van der Waals surface area contributed by atoms with Gasteiger partial charge in [0.2, 0.25) is 5.95 Å². The molecule has 3 rings (SSSR count). The lowest BCUT2D eigenvalue weighted by atomic mass is 10.2. The Bertz CT molecular complexity index is 663. The number of hydrogen-bond acceptors (Lipinski definition) is 5. The predicted molar refractivity (Wildman–Crippen MR) is 80.9 cm³/mol. The second kappa shape index (κ2) is 4.77. The summed E-state index contributed by atoms with van der Waals surface area (Å²) < 4.78 is 0. The molecule has 0 aliphatic carbocycles. The first-order valence-corrected chi connectivity index (χ1v) is 7.41. The Morgan fingerprint density at radius 3 is 3.11 bits per heavy atom. The summed E-state index contributed by atoms with van der Waals surface area (Å²) in [5.74, 6) is 2.89. The summed E-state index contributed by atoms with van der Waals surface area (Å²) in [6, 6.07) is 5.67. The van der Waals surface area contributed by atoms with E-state index in [1.54, 1.807) is 18.2 Å². The maximum atomic E-state index is 12.1. The number of rotatable bonds is 2. The molecule has 1 fully saturated rings. The molecule has 0 spiro atoms. The molecule has 1 atom stereocenters. The molecule has 0 amide bonds. The number of nitrogens with one attached hydrogen (secondary N) is 1. The molecule has 0 bridgehead atoms. The van der Waals surface area contributed by atoms with Crippen LogP contribution in [-0.4, -0.2) is 34.6 Å². The van der Waals surface area contributed by atoms with Crippen molar-refractivity contribution in [2.75, 3.05) is 29.2 Å². The second-order valence-corrected chi connectivity index (χ2v) is 5.94. The smallest absolute Gasteiger partial charge is 0.260 e. The Hall–Kier alpha value is -1.69. The van der Waals surface area contributed by atoms with E-state index in [4.69, 9.17) is 5.73 Å². The van der Waals surface area contributed by atoms with Gasteiger partial charge in [-0.3, -0.25) is 9.78 Å². The molecule has 1 aliphatic heterocycles. The number of benzene rings is 1. The highest BCUT2D eigenvalue weighted by atomic mass is 32.2. The number of nitrogens with two attached hydrogens (primary N) is 1. The maximum Gasteiger partial charge on any atom is 0.260 e. The van der Waals surface area contributed by atoms with Gasteiger partial charge in [-0.25, -0.2) is 4.98 Å². The van der Waals surface area contributed by atoms with Crippen molar-refractivity contribution in [3.63, 3.8) is 0 Å². The van der Waals surface area contributed by atoms with Crippen LogP contribution in [0.15, 0.2) is 23.0 Å². The van der Waals surface area contributed by atoms with Crippen LogP contribution in [-0.2, 0) is 0 Å². The van der Waals surface area contributed by atoms with Crippen molar-refractivity contribution >= 4 is 34.3 Å². The molecule has 2 heterocycles. The SMILES string of the molecule is CN(c1nc2ccc(N)cc2c(=O)[nH]1)C1CCSC1. The first-order valence-electron chi connectivity index (χ1n) is 6.25. The summed E-state index contributed by atoms with van der Waals surface area (Å²) in [6.45, 7) is 0. The minimum atomic E-state index is -0.134. The van der Waals surface area contributed by atoms with Crippen LogP contribution in [0.5, 0.6) is 0 Å². The average Bonchev–Trinajstić information content (AvgIpc) is 2.92. The summed E-state index contributed by atoms with van der Waals surface area (Å²) in [5.41, 5.74) is 6.82. The average molecular weight is 276 g/mol. The van der Waals surface area contributed by atoms with Gasteiger partial charge in [0.05, 0.1) is 10.9 Å². The first kappa shape index (κ1) is 12.3. The quantitative estimate of drug-likeness (QED) is 0.812. The minimum Gasteiger partial charge on any atom is -0.399 e. The van der Waals surface area contributed by atoms with Gasteiger partial charge in [-0.15, -0.1) is 0 Å². The Balaban J connectivity index is 2.05. The van der Waals surface area contributed by atoms with Crippen molar-refractivity contribution < 1.29 is 0 Å². The van der Waals surface area contributed by atoms with Crippen molar-refractivity contribution in [3.8, 4) is 0 Å². The van der Waals surface area contributed by atoms with Gasteiger partial charge in [-0.1, -0.05) is 0 Å². The van der Waals surface area contributed by atoms with Crippen LogP contribution in [0.25, 0.3) is 10.9 Å². The fraction of sp³-hybridized carbons (Fsp3) is 0.385. The molecule has 1 aromatic carbocycles. The molecular formula is C13H16N4OS. The standard InChI is InChI=1S/C13H16N4OS/c1-17(9-4-5-19-7-9)13-15-11-3-2-8(14)6-10(11)12(18)16-13/h2-3,6,9H,4-5,7,14H2,1H3,(H,15,16,18). The van der Waals surface area contributed by atoms with Gasteiger partial charge >= 0.3 is 0 Å². The molecule has 0 radical (unpaired) electrons. The molecule has 1 aliphatic rings. The van der Waals surface area contributed by atoms with E-state index >= 15 is 0 Å². The van der Waals surface area contributed by atoms with Crippen LogP contribution < -0.4 is 16.2 Å². The second-order valence-electron chi connectivity index (χ2n) is 4.79.